The van der Waals surface area contributed by atoms with Crippen molar-refractivity contribution in [3.8, 4) is 50.2 Å². The summed E-state index contributed by atoms with van der Waals surface area (Å²) in [6.07, 6.45) is 0. The van der Waals surface area contributed by atoms with E-state index in [1.807, 2.05) is 0 Å². The zero-order chi connectivity index (χ0) is 41.5. The molecule has 2 aliphatic rings. The predicted molar refractivity (Wildman–Crippen MR) is 263 cm³/mol. The van der Waals surface area contributed by atoms with Crippen molar-refractivity contribution >= 4 is 38.9 Å². The van der Waals surface area contributed by atoms with Crippen LogP contribution >= 0.6 is 0 Å². The molecule has 11 aromatic rings. The van der Waals surface area contributed by atoms with Crippen molar-refractivity contribution in [2.24, 2.45) is 0 Å². The summed E-state index contributed by atoms with van der Waals surface area (Å²) in [7, 11) is 0. The lowest BCUT2D eigenvalue weighted by Crippen LogP contribution is -2.26. The molecule has 0 fully saturated rings. The minimum Gasteiger partial charge on any atom is -0.310 e. The highest BCUT2D eigenvalue weighted by atomic mass is 15.1. The molecule has 0 N–H and O–H groups in total. The van der Waals surface area contributed by atoms with Crippen LogP contribution in [0.25, 0.3) is 72.0 Å². The fraction of sp³-hybridized carbons (Fsp3) is 0.0164. The van der Waals surface area contributed by atoms with E-state index in [1.165, 1.54) is 83.1 Å². The highest BCUT2D eigenvalue weighted by Crippen LogP contribution is 2.64. The largest absolute Gasteiger partial charge is 0.310 e. The molecule has 0 unspecified atom stereocenters. The molecule has 1 aromatic heterocycles. The van der Waals surface area contributed by atoms with Gasteiger partial charge in [0.2, 0.25) is 0 Å². The Kier molecular flexibility index (Phi) is 7.85. The van der Waals surface area contributed by atoms with Crippen molar-refractivity contribution in [3.05, 3.63) is 265 Å². The van der Waals surface area contributed by atoms with Crippen LogP contribution < -0.4 is 4.90 Å². The maximum Gasteiger partial charge on any atom is 0.0726 e. The van der Waals surface area contributed by atoms with Crippen molar-refractivity contribution in [2.75, 3.05) is 4.90 Å². The minimum absolute atomic E-state index is 0.449. The van der Waals surface area contributed by atoms with Gasteiger partial charge in [0.15, 0.2) is 0 Å². The highest BCUT2D eigenvalue weighted by molar-refractivity contribution is 6.16. The SMILES string of the molecule is c1ccc(-c2ccc(N(c3ccc4c5c(-c6ccccc6)cccc5n(-c5ccccc5)c4c3)c3cccc4c3-c3ccccc3C43c4ccccc4-c4ccccc43)cc2)cc1. The number of aromatic nitrogens is 1. The third-order valence-corrected chi connectivity index (χ3v) is 13.6. The lowest BCUT2D eigenvalue weighted by Gasteiger charge is -2.32. The molecule has 294 valence electrons. The average molecular weight is 801 g/mol. The molecule has 10 aromatic carbocycles. The second kappa shape index (κ2) is 13.9. The molecule has 2 heteroatoms. The van der Waals surface area contributed by atoms with Crippen LogP contribution in [0.3, 0.4) is 0 Å². The van der Waals surface area contributed by atoms with Crippen LogP contribution in [-0.4, -0.2) is 4.57 Å². The molecule has 0 aliphatic heterocycles. The van der Waals surface area contributed by atoms with Crippen molar-refractivity contribution < 1.29 is 0 Å². The van der Waals surface area contributed by atoms with E-state index in [0.717, 1.165) is 28.3 Å². The van der Waals surface area contributed by atoms with E-state index in [4.69, 9.17) is 0 Å². The third-order valence-electron chi connectivity index (χ3n) is 13.6. The molecule has 1 heterocycles. The van der Waals surface area contributed by atoms with Gasteiger partial charge in [0.1, 0.15) is 0 Å². The molecule has 2 nitrogen and oxygen atoms in total. The summed E-state index contributed by atoms with van der Waals surface area (Å²) < 4.78 is 2.45. The van der Waals surface area contributed by atoms with Gasteiger partial charge >= 0.3 is 0 Å². The van der Waals surface area contributed by atoms with Gasteiger partial charge in [-0.2, -0.15) is 0 Å². The van der Waals surface area contributed by atoms with Crippen LogP contribution in [0.1, 0.15) is 22.3 Å². The van der Waals surface area contributed by atoms with E-state index in [0.29, 0.717) is 0 Å². The maximum atomic E-state index is 2.50. The lowest BCUT2D eigenvalue weighted by atomic mass is 9.70. The van der Waals surface area contributed by atoms with Crippen molar-refractivity contribution in [3.63, 3.8) is 0 Å². The van der Waals surface area contributed by atoms with Crippen LogP contribution in [0.4, 0.5) is 17.1 Å². The molecule has 1 spiro atoms. The van der Waals surface area contributed by atoms with E-state index in [9.17, 15) is 0 Å². The molecule has 63 heavy (non-hydrogen) atoms. The number of fused-ring (bicyclic) bond motifs is 13. The van der Waals surface area contributed by atoms with E-state index in [1.54, 1.807) is 0 Å². The molecule has 0 bridgehead atoms. The van der Waals surface area contributed by atoms with E-state index >= 15 is 0 Å². The second-order valence-electron chi connectivity index (χ2n) is 16.8. The van der Waals surface area contributed by atoms with Crippen molar-refractivity contribution in [1.82, 2.24) is 4.57 Å². The Morgan fingerprint density at radius 1 is 0.333 bits per heavy atom. The molecule has 0 saturated heterocycles. The summed E-state index contributed by atoms with van der Waals surface area (Å²) in [6, 6.07) is 89.5. The number of para-hydroxylation sites is 1. The average Bonchev–Trinajstić information content (AvgIpc) is 3.97. The molecule has 0 atom stereocenters. The van der Waals surface area contributed by atoms with E-state index in [2.05, 4.69) is 252 Å². The predicted octanol–water partition coefficient (Wildman–Crippen LogP) is 15.9. The molecule has 0 radical (unpaired) electrons. The Hall–Kier alpha value is -8.20. The summed E-state index contributed by atoms with van der Waals surface area (Å²) in [5.74, 6) is 0. The van der Waals surface area contributed by atoms with Gasteiger partial charge in [-0.25, -0.2) is 0 Å². The van der Waals surface area contributed by atoms with Gasteiger partial charge in [-0.15, -0.1) is 0 Å². The van der Waals surface area contributed by atoms with Crippen LogP contribution in [-0.2, 0) is 5.41 Å². The molecule has 0 amide bonds. The first kappa shape index (κ1) is 35.5. The monoisotopic (exact) mass is 800 g/mol. The normalized spacial score (nSPS) is 12.9. The first-order valence-electron chi connectivity index (χ1n) is 21.9. The first-order chi connectivity index (χ1) is 31.3. The van der Waals surface area contributed by atoms with Crippen molar-refractivity contribution in [1.29, 1.82) is 0 Å². The van der Waals surface area contributed by atoms with Gasteiger partial charge in [0.25, 0.3) is 0 Å². The number of benzene rings is 10. The van der Waals surface area contributed by atoms with Gasteiger partial charge in [-0.3, -0.25) is 0 Å². The summed E-state index contributed by atoms with van der Waals surface area (Å²) in [6.45, 7) is 0. The van der Waals surface area contributed by atoms with Gasteiger partial charge in [0.05, 0.1) is 22.1 Å². The summed E-state index contributed by atoms with van der Waals surface area (Å²) in [5, 5.41) is 2.47. The first-order valence-corrected chi connectivity index (χ1v) is 21.9. The van der Waals surface area contributed by atoms with Crippen LogP contribution in [0.5, 0.6) is 0 Å². The zero-order valence-corrected chi connectivity index (χ0v) is 34.5. The van der Waals surface area contributed by atoms with Gasteiger partial charge in [-0.1, -0.05) is 194 Å². The summed E-state index contributed by atoms with van der Waals surface area (Å²) >= 11 is 0. The van der Waals surface area contributed by atoms with Gasteiger partial charge < -0.3 is 9.47 Å². The number of hydrogen-bond donors (Lipinski definition) is 0. The van der Waals surface area contributed by atoms with E-state index < -0.39 is 5.41 Å². The number of anilines is 3. The standard InChI is InChI=1S/C61H40N2/c1-4-18-41(19-5-1)42-34-36-45(37-35-42)62(46-38-39-51-58(40-46)63(44-22-8-3-9-23-44)56-32-16-27-47(59(51)56)43-20-6-2-7-21-43)57-33-17-31-55-60(57)50-26-12-15-30-54(50)61(55)52-28-13-10-24-48(52)49-25-11-14-29-53(49)61/h1-40H. The van der Waals surface area contributed by atoms with E-state index in [-0.39, 0.29) is 0 Å². The number of rotatable bonds is 6. The smallest absolute Gasteiger partial charge is 0.0726 e. The topological polar surface area (TPSA) is 8.17 Å². The minimum atomic E-state index is -0.449. The van der Waals surface area contributed by atoms with Crippen molar-refractivity contribution in [2.45, 2.75) is 5.41 Å². The fourth-order valence-corrected chi connectivity index (χ4v) is 11.1. The quantitative estimate of drug-likeness (QED) is 0.163. The number of nitrogens with zero attached hydrogens (tertiary/aromatic N) is 2. The Labute approximate surface area is 367 Å². The molecular weight excluding hydrogens is 761 g/mol. The lowest BCUT2D eigenvalue weighted by molar-refractivity contribution is 0.794. The Balaban J connectivity index is 1.10. The Bertz CT molecular complexity index is 3500. The molecule has 0 saturated carbocycles. The third kappa shape index (κ3) is 5.13. The Morgan fingerprint density at radius 2 is 0.841 bits per heavy atom. The maximum absolute atomic E-state index is 2.50. The summed E-state index contributed by atoms with van der Waals surface area (Å²) in [4.78, 5) is 2.50. The Morgan fingerprint density at radius 3 is 1.52 bits per heavy atom. The molecule has 2 aliphatic carbocycles. The van der Waals surface area contributed by atoms with Gasteiger partial charge in [0, 0.05) is 33.4 Å². The highest BCUT2D eigenvalue weighted by Gasteiger charge is 2.52. The second-order valence-corrected chi connectivity index (χ2v) is 16.8. The zero-order valence-electron chi connectivity index (χ0n) is 34.5. The van der Waals surface area contributed by atoms with Crippen LogP contribution in [0.15, 0.2) is 243 Å². The number of hydrogen-bond acceptors (Lipinski definition) is 1. The van der Waals surface area contributed by atoms with Crippen LogP contribution in [0.2, 0.25) is 0 Å². The van der Waals surface area contributed by atoms with Crippen LogP contribution in [0, 0.1) is 0 Å². The summed E-state index contributed by atoms with van der Waals surface area (Å²) in [5.41, 5.74) is 21.7. The molecular formula is C61H40N2. The van der Waals surface area contributed by atoms with Gasteiger partial charge in [-0.05, 0) is 110 Å². The fourth-order valence-electron chi connectivity index (χ4n) is 11.1. The molecule has 13 rings (SSSR count).